The molecule has 1 saturated heterocycles. The Morgan fingerprint density at radius 3 is 2.78 bits per heavy atom. The third-order valence-electron chi connectivity index (χ3n) is 6.67. The van der Waals surface area contributed by atoms with Gasteiger partial charge in [0, 0.05) is 36.8 Å². The van der Waals surface area contributed by atoms with Crippen LogP contribution in [0, 0.1) is 5.92 Å². The molecule has 142 valence electrons. The van der Waals surface area contributed by atoms with Crippen LogP contribution in [0.25, 0.3) is 0 Å². The molecule has 1 fully saturated rings. The van der Waals surface area contributed by atoms with Crippen LogP contribution in [0.2, 0.25) is 0 Å². The molecule has 2 aliphatic heterocycles. The molecule has 0 unspecified atom stereocenters. The summed E-state index contributed by atoms with van der Waals surface area (Å²) < 4.78 is 17.5. The quantitative estimate of drug-likeness (QED) is 0.451. The monoisotopic (exact) mass is 370 g/mol. The van der Waals surface area contributed by atoms with Crippen molar-refractivity contribution in [3.05, 3.63) is 35.4 Å². The van der Waals surface area contributed by atoms with E-state index in [0.717, 1.165) is 24.9 Å². The molecular formula is C21H23NO5. The summed E-state index contributed by atoms with van der Waals surface area (Å²) in [6, 6.07) is 4.28. The van der Waals surface area contributed by atoms with Crippen LogP contribution in [0.3, 0.4) is 0 Å². The molecule has 2 bridgehead atoms. The summed E-state index contributed by atoms with van der Waals surface area (Å²) in [6.07, 6.45) is 5.31. The smallest absolute Gasteiger partial charge is 0.308 e. The summed E-state index contributed by atoms with van der Waals surface area (Å²) in [4.78, 5) is 25.7. The molecule has 6 heteroatoms. The molecule has 1 aromatic rings. The number of likely N-dealkylation sites (N-methyl/N-ethyl adjacent to an activating group) is 1. The van der Waals surface area contributed by atoms with Gasteiger partial charge in [-0.3, -0.25) is 9.59 Å². The molecule has 2 aliphatic carbocycles. The van der Waals surface area contributed by atoms with Crippen molar-refractivity contribution in [2.45, 2.75) is 50.4 Å². The Labute approximate surface area is 158 Å². The molecule has 2 heterocycles. The average molecular weight is 370 g/mol. The van der Waals surface area contributed by atoms with E-state index in [2.05, 4.69) is 24.1 Å². The molecule has 1 aromatic carbocycles. The lowest BCUT2D eigenvalue weighted by Gasteiger charge is -2.56. The van der Waals surface area contributed by atoms with Crippen molar-refractivity contribution >= 4 is 11.9 Å². The number of carbonyl (C=O) groups is 2. The Morgan fingerprint density at radius 1 is 1.22 bits per heavy atom. The Hall–Kier alpha value is -2.34. The van der Waals surface area contributed by atoms with Gasteiger partial charge < -0.3 is 19.1 Å². The van der Waals surface area contributed by atoms with Crippen LogP contribution in [-0.2, 0) is 26.2 Å². The van der Waals surface area contributed by atoms with Crippen molar-refractivity contribution in [2.75, 3.05) is 13.6 Å². The molecular weight excluding hydrogens is 347 g/mol. The van der Waals surface area contributed by atoms with Gasteiger partial charge in [0.1, 0.15) is 6.10 Å². The highest BCUT2D eigenvalue weighted by molar-refractivity contribution is 5.73. The van der Waals surface area contributed by atoms with Crippen LogP contribution in [0.15, 0.2) is 24.3 Å². The van der Waals surface area contributed by atoms with E-state index in [1.165, 1.54) is 19.4 Å². The summed E-state index contributed by atoms with van der Waals surface area (Å²) in [5.41, 5.74) is 2.15. The van der Waals surface area contributed by atoms with Crippen molar-refractivity contribution < 1.29 is 23.8 Å². The molecule has 4 aliphatic rings. The van der Waals surface area contributed by atoms with Crippen molar-refractivity contribution in [3.63, 3.8) is 0 Å². The molecule has 0 aromatic heterocycles. The van der Waals surface area contributed by atoms with E-state index in [0.29, 0.717) is 17.5 Å². The second-order valence-corrected chi connectivity index (χ2v) is 8.09. The standard InChI is InChI=1S/C21H23NO5/c1-11(23)25-16-6-4-13-10-15-14-5-7-17(26-12(2)24)20-21(14,8-9-22(15)3)18(13)19(16)27-20/h4-7,14-15,17,20H,8-10H2,1-3H3/t14-,15+,17-,20-,21-/m0/s1/i4+1. The van der Waals surface area contributed by atoms with Gasteiger partial charge in [0.15, 0.2) is 17.6 Å². The van der Waals surface area contributed by atoms with Crippen LogP contribution >= 0.6 is 0 Å². The number of benzene rings is 1. The number of rotatable bonds is 2. The molecule has 0 radical (unpaired) electrons. The number of hydrogen-bond donors (Lipinski definition) is 0. The Morgan fingerprint density at radius 2 is 2.04 bits per heavy atom. The van der Waals surface area contributed by atoms with Crippen molar-refractivity contribution in [3.8, 4) is 11.5 Å². The zero-order chi connectivity index (χ0) is 18.9. The number of esters is 2. The predicted octanol–water partition coefficient (Wildman–Crippen LogP) is 1.99. The summed E-state index contributed by atoms with van der Waals surface area (Å²) >= 11 is 0. The summed E-state index contributed by atoms with van der Waals surface area (Å²) in [5.74, 6) is 0.712. The molecule has 6 nitrogen and oxygen atoms in total. The van der Waals surface area contributed by atoms with E-state index in [4.69, 9.17) is 14.2 Å². The van der Waals surface area contributed by atoms with Gasteiger partial charge in [0.05, 0.1) is 0 Å². The zero-order valence-corrected chi connectivity index (χ0v) is 15.7. The third kappa shape index (κ3) is 2.16. The lowest BCUT2D eigenvalue weighted by atomic mass is 9.54. The van der Waals surface area contributed by atoms with Gasteiger partial charge in [-0.05, 0) is 44.1 Å². The molecule has 27 heavy (non-hydrogen) atoms. The first kappa shape index (κ1) is 16.8. The van der Waals surface area contributed by atoms with Gasteiger partial charge in [0.2, 0.25) is 0 Å². The normalized spacial score (nSPS) is 35.2. The third-order valence-corrected chi connectivity index (χ3v) is 6.67. The first-order chi connectivity index (χ1) is 12.9. The fraction of sp³-hybridized carbons (Fsp3) is 0.524. The fourth-order valence-corrected chi connectivity index (χ4v) is 5.74. The van der Waals surface area contributed by atoms with Gasteiger partial charge in [0.25, 0.3) is 0 Å². The lowest BCUT2D eigenvalue weighted by molar-refractivity contribution is -0.152. The molecule has 0 N–H and O–H groups in total. The predicted molar refractivity (Wildman–Crippen MR) is 96.8 cm³/mol. The van der Waals surface area contributed by atoms with Crippen molar-refractivity contribution in [1.29, 1.82) is 0 Å². The van der Waals surface area contributed by atoms with Gasteiger partial charge in [-0.15, -0.1) is 0 Å². The fourth-order valence-electron chi connectivity index (χ4n) is 5.74. The van der Waals surface area contributed by atoms with E-state index in [-0.39, 0.29) is 29.4 Å². The highest BCUT2D eigenvalue weighted by atomic mass is 16.6. The van der Waals surface area contributed by atoms with Crippen LogP contribution < -0.4 is 9.47 Å². The van der Waals surface area contributed by atoms with E-state index in [9.17, 15) is 9.59 Å². The Kier molecular flexibility index (Phi) is 3.47. The first-order valence-corrected chi connectivity index (χ1v) is 9.49. The number of piperidine rings is 1. The second-order valence-electron chi connectivity index (χ2n) is 8.09. The van der Waals surface area contributed by atoms with E-state index >= 15 is 0 Å². The number of hydrogen-bond acceptors (Lipinski definition) is 6. The van der Waals surface area contributed by atoms with Crippen LogP contribution in [-0.4, -0.2) is 48.7 Å². The molecule has 0 amide bonds. The SMILES string of the molecule is CC(=O)Oc1c[13cH]c2c3c1O[C@H]1[C@@H](OC(C)=O)C=C[C@H]4[C@@H](C2)N(C)CC[C@@]341. The zero-order valence-electron chi connectivity index (χ0n) is 15.7. The Bertz CT molecular complexity index is 878. The van der Waals surface area contributed by atoms with Crippen molar-refractivity contribution in [1.82, 2.24) is 4.90 Å². The minimum atomic E-state index is -0.439. The lowest BCUT2D eigenvalue weighted by Crippen LogP contribution is -2.65. The maximum Gasteiger partial charge on any atom is 0.308 e. The number of nitrogens with zero attached hydrogens (tertiary/aromatic N) is 1. The highest BCUT2D eigenvalue weighted by Crippen LogP contribution is 2.62. The topological polar surface area (TPSA) is 65.1 Å². The highest BCUT2D eigenvalue weighted by Gasteiger charge is 2.65. The maximum absolute atomic E-state index is 11.7. The van der Waals surface area contributed by atoms with Gasteiger partial charge in [-0.2, -0.15) is 0 Å². The summed E-state index contributed by atoms with van der Waals surface area (Å²) in [7, 11) is 2.17. The number of ether oxygens (including phenoxy) is 3. The van der Waals surface area contributed by atoms with E-state index in [1.807, 2.05) is 12.1 Å². The minimum absolute atomic E-state index is 0.245. The maximum atomic E-state index is 11.7. The number of likely N-dealkylation sites (tertiary alicyclic amines) is 1. The van der Waals surface area contributed by atoms with E-state index < -0.39 is 6.10 Å². The van der Waals surface area contributed by atoms with Gasteiger partial charge in [-0.1, -0.05) is 12.1 Å². The largest absolute Gasteiger partial charge is 0.481 e. The van der Waals surface area contributed by atoms with Crippen LogP contribution in [0.5, 0.6) is 11.5 Å². The minimum Gasteiger partial charge on any atom is -0.481 e. The first-order valence-electron chi connectivity index (χ1n) is 9.49. The van der Waals surface area contributed by atoms with Gasteiger partial charge in [-0.25, -0.2) is 0 Å². The summed E-state index contributed by atoms with van der Waals surface area (Å²) in [6.45, 7) is 3.77. The molecule has 5 rings (SSSR count). The van der Waals surface area contributed by atoms with Crippen LogP contribution in [0.4, 0.5) is 0 Å². The summed E-state index contributed by atoms with van der Waals surface area (Å²) in [5, 5.41) is 0. The Balaban J connectivity index is 1.71. The van der Waals surface area contributed by atoms with E-state index in [1.54, 1.807) is 0 Å². The number of carbonyl (C=O) groups excluding carboxylic acids is 2. The molecule has 5 atom stereocenters. The second kappa shape index (κ2) is 5.58. The van der Waals surface area contributed by atoms with Crippen molar-refractivity contribution in [2.24, 2.45) is 5.92 Å². The average Bonchev–Trinajstić information content (AvgIpc) is 2.95. The molecule has 0 saturated carbocycles. The van der Waals surface area contributed by atoms with Crippen LogP contribution in [0.1, 0.15) is 31.4 Å². The van der Waals surface area contributed by atoms with Gasteiger partial charge >= 0.3 is 11.9 Å². The molecule has 1 spiro atoms.